The van der Waals surface area contributed by atoms with E-state index in [1.807, 2.05) is 24.5 Å². The summed E-state index contributed by atoms with van der Waals surface area (Å²) >= 11 is 0. The van der Waals surface area contributed by atoms with Gasteiger partial charge in [0.2, 0.25) is 0 Å². The van der Waals surface area contributed by atoms with E-state index in [2.05, 4.69) is 71.3 Å². The summed E-state index contributed by atoms with van der Waals surface area (Å²) in [5, 5.41) is 10.1. The van der Waals surface area contributed by atoms with Crippen LogP contribution >= 0.6 is 0 Å². The normalized spacial score (nSPS) is 12.8. The number of nitrogens with zero attached hydrogens (tertiary/aromatic N) is 4. The summed E-state index contributed by atoms with van der Waals surface area (Å²) in [6.45, 7) is 6.52. The molecule has 0 saturated carbocycles. The second-order valence-electron chi connectivity index (χ2n) is 7.16. The minimum absolute atomic E-state index is 0.313. The van der Waals surface area contributed by atoms with Crippen molar-refractivity contribution in [3.63, 3.8) is 0 Å². The SMILES string of the molecule is CC(C)c1cc2cccc(CC(C)c3ccnc4cccnc34)c2nn1. The van der Waals surface area contributed by atoms with Gasteiger partial charge in [0.25, 0.3) is 0 Å². The molecule has 26 heavy (non-hydrogen) atoms. The Hall–Kier alpha value is -2.88. The van der Waals surface area contributed by atoms with Crippen LogP contribution in [-0.4, -0.2) is 20.2 Å². The Bertz CT molecular complexity index is 1070. The third-order valence-corrected chi connectivity index (χ3v) is 4.90. The zero-order chi connectivity index (χ0) is 18.1. The third-order valence-electron chi connectivity index (χ3n) is 4.90. The van der Waals surface area contributed by atoms with Crippen molar-refractivity contribution in [3.8, 4) is 0 Å². The number of hydrogen-bond donors (Lipinski definition) is 0. The minimum atomic E-state index is 0.313. The fourth-order valence-electron chi connectivity index (χ4n) is 3.43. The molecule has 4 aromatic rings. The van der Waals surface area contributed by atoms with Crippen LogP contribution in [0.4, 0.5) is 0 Å². The zero-order valence-electron chi connectivity index (χ0n) is 15.3. The predicted octanol–water partition coefficient (Wildman–Crippen LogP) is 5.04. The van der Waals surface area contributed by atoms with Gasteiger partial charge in [0.1, 0.15) is 0 Å². The zero-order valence-corrected chi connectivity index (χ0v) is 15.3. The first kappa shape index (κ1) is 16.6. The van der Waals surface area contributed by atoms with Gasteiger partial charge in [0.05, 0.1) is 22.2 Å². The maximum atomic E-state index is 4.55. The van der Waals surface area contributed by atoms with Crippen LogP contribution in [0.25, 0.3) is 21.9 Å². The molecule has 1 unspecified atom stereocenters. The number of hydrogen-bond acceptors (Lipinski definition) is 4. The number of pyridine rings is 2. The van der Waals surface area contributed by atoms with Crippen molar-refractivity contribution in [2.24, 2.45) is 0 Å². The topological polar surface area (TPSA) is 51.6 Å². The second-order valence-corrected chi connectivity index (χ2v) is 7.16. The van der Waals surface area contributed by atoms with E-state index in [0.29, 0.717) is 11.8 Å². The number of aromatic nitrogens is 4. The van der Waals surface area contributed by atoms with Crippen LogP contribution in [0.5, 0.6) is 0 Å². The summed E-state index contributed by atoms with van der Waals surface area (Å²) in [6.07, 6.45) is 4.59. The maximum Gasteiger partial charge on any atom is 0.0961 e. The Kier molecular flexibility index (Phi) is 4.33. The Balaban J connectivity index is 1.72. The van der Waals surface area contributed by atoms with E-state index in [1.165, 1.54) is 11.1 Å². The smallest absolute Gasteiger partial charge is 0.0961 e. The Labute approximate surface area is 153 Å². The number of benzene rings is 1. The van der Waals surface area contributed by atoms with Crippen molar-refractivity contribution in [1.29, 1.82) is 0 Å². The van der Waals surface area contributed by atoms with Crippen molar-refractivity contribution in [2.75, 3.05) is 0 Å². The third kappa shape index (κ3) is 3.03. The largest absolute Gasteiger partial charge is 0.255 e. The number of rotatable bonds is 4. The molecule has 0 saturated heterocycles. The molecular weight excluding hydrogens is 320 g/mol. The van der Waals surface area contributed by atoms with E-state index >= 15 is 0 Å². The van der Waals surface area contributed by atoms with Crippen LogP contribution in [0.15, 0.2) is 54.9 Å². The van der Waals surface area contributed by atoms with Gasteiger partial charge in [-0.1, -0.05) is 39.0 Å². The van der Waals surface area contributed by atoms with Crippen LogP contribution in [0.1, 0.15) is 49.4 Å². The average molecular weight is 342 g/mol. The molecule has 0 aliphatic rings. The summed E-state index contributed by atoms with van der Waals surface area (Å²) in [4.78, 5) is 8.97. The fourth-order valence-corrected chi connectivity index (χ4v) is 3.43. The van der Waals surface area contributed by atoms with Crippen LogP contribution in [0.2, 0.25) is 0 Å². The Morgan fingerprint density at radius 1 is 0.846 bits per heavy atom. The van der Waals surface area contributed by atoms with Crippen molar-refractivity contribution < 1.29 is 0 Å². The molecule has 0 bridgehead atoms. The predicted molar refractivity (Wildman–Crippen MR) is 105 cm³/mol. The molecule has 0 aliphatic carbocycles. The first-order chi connectivity index (χ1) is 12.6. The van der Waals surface area contributed by atoms with Gasteiger partial charge in [0, 0.05) is 17.8 Å². The standard InChI is InChI=1S/C22H22N4/c1-14(2)20-13-17-7-4-6-16(21(17)26-25-20)12-15(3)18-9-11-23-19-8-5-10-24-22(18)19/h4-11,13-15H,12H2,1-3H3. The molecule has 3 aromatic heterocycles. The molecule has 0 radical (unpaired) electrons. The van der Waals surface area contributed by atoms with Crippen LogP contribution in [-0.2, 0) is 6.42 Å². The molecule has 0 aliphatic heterocycles. The highest BCUT2D eigenvalue weighted by atomic mass is 15.1. The monoisotopic (exact) mass is 342 g/mol. The molecule has 4 heteroatoms. The average Bonchev–Trinajstić information content (AvgIpc) is 2.67. The lowest BCUT2D eigenvalue weighted by Gasteiger charge is -2.15. The van der Waals surface area contributed by atoms with Crippen molar-refractivity contribution in [2.45, 2.75) is 39.0 Å². The molecule has 0 amide bonds. The van der Waals surface area contributed by atoms with E-state index in [0.717, 1.165) is 34.1 Å². The summed E-state index contributed by atoms with van der Waals surface area (Å²) in [7, 11) is 0. The van der Waals surface area contributed by atoms with Gasteiger partial charge in [-0.3, -0.25) is 9.97 Å². The molecular formula is C22H22N4. The molecule has 0 spiro atoms. The molecule has 1 aromatic carbocycles. The van der Waals surface area contributed by atoms with E-state index in [1.54, 1.807) is 0 Å². The summed E-state index contributed by atoms with van der Waals surface area (Å²) < 4.78 is 0. The molecule has 3 heterocycles. The van der Waals surface area contributed by atoms with Gasteiger partial charge in [0.15, 0.2) is 0 Å². The van der Waals surface area contributed by atoms with Gasteiger partial charge < -0.3 is 0 Å². The highest BCUT2D eigenvalue weighted by molar-refractivity contribution is 5.82. The quantitative estimate of drug-likeness (QED) is 0.521. The summed E-state index contributed by atoms with van der Waals surface area (Å²) in [5.41, 5.74) is 6.40. The van der Waals surface area contributed by atoms with Crippen molar-refractivity contribution in [3.05, 3.63) is 71.7 Å². The first-order valence-corrected chi connectivity index (χ1v) is 9.08. The molecule has 4 rings (SSSR count). The van der Waals surface area contributed by atoms with Crippen molar-refractivity contribution in [1.82, 2.24) is 20.2 Å². The van der Waals surface area contributed by atoms with Gasteiger partial charge in [-0.2, -0.15) is 5.10 Å². The van der Waals surface area contributed by atoms with Crippen LogP contribution in [0.3, 0.4) is 0 Å². The molecule has 0 fully saturated rings. The van der Waals surface area contributed by atoms with E-state index in [9.17, 15) is 0 Å². The molecule has 0 N–H and O–H groups in total. The molecule has 130 valence electrons. The second kappa shape index (κ2) is 6.79. The minimum Gasteiger partial charge on any atom is -0.255 e. The van der Waals surface area contributed by atoms with Gasteiger partial charge in [-0.05, 0) is 53.6 Å². The highest BCUT2D eigenvalue weighted by Crippen LogP contribution is 2.28. The highest BCUT2D eigenvalue weighted by Gasteiger charge is 2.14. The van der Waals surface area contributed by atoms with Gasteiger partial charge in [-0.25, -0.2) is 0 Å². The van der Waals surface area contributed by atoms with Gasteiger partial charge in [-0.15, -0.1) is 5.10 Å². The maximum absolute atomic E-state index is 4.55. The summed E-state index contributed by atoms with van der Waals surface area (Å²) in [6, 6.07) is 14.6. The van der Waals surface area contributed by atoms with E-state index < -0.39 is 0 Å². The summed E-state index contributed by atoms with van der Waals surface area (Å²) in [5.74, 6) is 0.691. The van der Waals surface area contributed by atoms with Gasteiger partial charge >= 0.3 is 0 Å². The van der Waals surface area contributed by atoms with E-state index in [4.69, 9.17) is 0 Å². The van der Waals surface area contributed by atoms with Crippen molar-refractivity contribution >= 4 is 21.9 Å². The molecule has 4 nitrogen and oxygen atoms in total. The lowest BCUT2D eigenvalue weighted by molar-refractivity contribution is 0.760. The molecule has 1 atom stereocenters. The van der Waals surface area contributed by atoms with E-state index in [-0.39, 0.29) is 0 Å². The fraction of sp³-hybridized carbons (Fsp3) is 0.273. The first-order valence-electron chi connectivity index (χ1n) is 9.08. The Morgan fingerprint density at radius 3 is 2.58 bits per heavy atom. The van der Waals surface area contributed by atoms with Crippen LogP contribution < -0.4 is 0 Å². The Morgan fingerprint density at radius 2 is 1.73 bits per heavy atom. The van der Waals surface area contributed by atoms with Crippen LogP contribution in [0, 0.1) is 0 Å². The number of fused-ring (bicyclic) bond motifs is 2. The lowest BCUT2D eigenvalue weighted by Crippen LogP contribution is -2.03. The lowest BCUT2D eigenvalue weighted by atomic mass is 9.92.